The number of likely N-dealkylation sites (tertiary alicyclic amines) is 1. The van der Waals surface area contributed by atoms with Gasteiger partial charge in [-0.3, -0.25) is 4.79 Å². The lowest BCUT2D eigenvalue weighted by molar-refractivity contribution is -0.137. The summed E-state index contributed by atoms with van der Waals surface area (Å²) in [6.07, 6.45) is 6.62. The SMILES string of the molecule is C=C(/C=N\NC)/C(C)=C/C=C(\S)N1CCC2(Cc3ccccc3O2)C1=O. The standard InChI is InChI=1S/C20H23N3O2S/c1-14(15(2)13-22-21-3)8-9-18(26)23-11-10-20(19(23)24)12-16-6-4-5-7-17(16)25-20/h4-9,13,21,26H,2,10-12H2,1,3H3/b14-8+,18-9-,22-13-. The summed E-state index contributed by atoms with van der Waals surface area (Å²) in [5, 5.41) is 4.54. The molecule has 26 heavy (non-hydrogen) atoms. The molecule has 0 bridgehead atoms. The largest absolute Gasteiger partial charge is 0.477 e. The molecule has 1 aromatic carbocycles. The van der Waals surface area contributed by atoms with E-state index in [0.29, 0.717) is 24.4 Å². The summed E-state index contributed by atoms with van der Waals surface area (Å²) in [7, 11) is 1.73. The Kier molecular flexibility index (Phi) is 5.23. The van der Waals surface area contributed by atoms with Gasteiger partial charge in [-0.1, -0.05) is 30.9 Å². The van der Waals surface area contributed by atoms with Crippen molar-refractivity contribution in [1.29, 1.82) is 0 Å². The summed E-state index contributed by atoms with van der Waals surface area (Å²) in [6.45, 7) is 6.48. The van der Waals surface area contributed by atoms with Gasteiger partial charge in [-0.25, -0.2) is 0 Å². The highest BCUT2D eigenvalue weighted by atomic mass is 32.1. The zero-order valence-electron chi connectivity index (χ0n) is 15.0. The molecule has 1 atom stereocenters. The highest BCUT2D eigenvalue weighted by Gasteiger charge is 2.53. The third-order valence-corrected chi connectivity index (χ3v) is 5.13. The number of thiol groups is 1. The summed E-state index contributed by atoms with van der Waals surface area (Å²) < 4.78 is 6.05. The van der Waals surface area contributed by atoms with Gasteiger partial charge in [0, 0.05) is 26.4 Å². The van der Waals surface area contributed by atoms with Gasteiger partial charge in [0.25, 0.3) is 5.91 Å². The zero-order valence-corrected chi connectivity index (χ0v) is 15.9. The number of ether oxygens (including phenoxy) is 1. The molecule has 2 aliphatic heterocycles. The molecule has 0 saturated carbocycles. The van der Waals surface area contributed by atoms with Crippen molar-refractivity contribution < 1.29 is 9.53 Å². The Morgan fingerprint density at radius 2 is 2.19 bits per heavy atom. The van der Waals surface area contributed by atoms with Gasteiger partial charge in [0.1, 0.15) is 5.75 Å². The lowest BCUT2D eigenvalue weighted by Gasteiger charge is -2.22. The van der Waals surface area contributed by atoms with E-state index < -0.39 is 5.60 Å². The monoisotopic (exact) mass is 369 g/mol. The van der Waals surface area contributed by atoms with Crippen LogP contribution in [0, 0.1) is 0 Å². The predicted octanol–water partition coefficient (Wildman–Crippen LogP) is 3.07. The molecule has 2 aliphatic rings. The third kappa shape index (κ3) is 3.42. The van der Waals surface area contributed by atoms with Gasteiger partial charge in [0.05, 0.1) is 11.2 Å². The smallest absolute Gasteiger partial charge is 0.271 e. The Morgan fingerprint density at radius 3 is 2.92 bits per heavy atom. The fourth-order valence-electron chi connectivity index (χ4n) is 3.17. The van der Waals surface area contributed by atoms with Crippen molar-refractivity contribution in [3.8, 4) is 5.75 Å². The molecule has 2 heterocycles. The molecule has 136 valence electrons. The Balaban J connectivity index is 1.72. The summed E-state index contributed by atoms with van der Waals surface area (Å²) >= 11 is 4.53. The van der Waals surface area contributed by atoms with Crippen LogP contribution in [-0.4, -0.2) is 36.2 Å². The van der Waals surface area contributed by atoms with Crippen LogP contribution >= 0.6 is 12.6 Å². The van der Waals surface area contributed by atoms with E-state index in [2.05, 4.69) is 29.7 Å². The number of hydrogen-bond acceptors (Lipinski definition) is 5. The van der Waals surface area contributed by atoms with Crippen molar-refractivity contribution in [1.82, 2.24) is 10.3 Å². The van der Waals surface area contributed by atoms with E-state index in [1.165, 1.54) is 0 Å². The average molecular weight is 369 g/mol. The van der Waals surface area contributed by atoms with E-state index in [4.69, 9.17) is 4.74 Å². The maximum absolute atomic E-state index is 13.0. The van der Waals surface area contributed by atoms with Crippen LogP contribution in [0.3, 0.4) is 0 Å². The third-order valence-electron chi connectivity index (χ3n) is 4.74. The Bertz CT molecular complexity index is 801. The molecular weight excluding hydrogens is 346 g/mol. The number of hydrazone groups is 1. The summed E-state index contributed by atoms with van der Waals surface area (Å²) in [5.41, 5.74) is 4.72. The number of carbonyl (C=O) groups is 1. The number of nitrogens with one attached hydrogen (secondary N) is 1. The van der Waals surface area contributed by atoms with E-state index in [1.54, 1.807) is 18.2 Å². The first-order chi connectivity index (χ1) is 12.5. The second-order valence-corrected chi connectivity index (χ2v) is 6.93. The van der Waals surface area contributed by atoms with E-state index in [1.807, 2.05) is 43.3 Å². The number of amides is 1. The van der Waals surface area contributed by atoms with Crippen molar-refractivity contribution in [2.45, 2.75) is 25.4 Å². The van der Waals surface area contributed by atoms with Gasteiger partial charge in [0.2, 0.25) is 0 Å². The number of nitrogens with zero attached hydrogens (tertiary/aromatic N) is 2. The van der Waals surface area contributed by atoms with Gasteiger partial charge < -0.3 is 15.1 Å². The predicted molar refractivity (Wildman–Crippen MR) is 107 cm³/mol. The van der Waals surface area contributed by atoms with Gasteiger partial charge in [0.15, 0.2) is 5.60 Å². The van der Waals surface area contributed by atoms with Crippen molar-refractivity contribution in [3.05, 3.63) is 64.7 Å². The fourth-order valence-corrected chi connectivity index (χ4v) is 3.43. The summed E-state index contributed by atoms with van der Waals surface area (Å²) in [4.78, 5) is 14.7. The van der Waals surface area contributed by atoms with Gasteiger partial charge in [-0.05, 0) is 35.8 Å². The quantitative estimate of drug-likeness (QED) is 0.363. The molecule has 1 aromatic rings. The Morgan fingerprint density at radius 1 is 1.42 bits per heavy atom. The number of para-hydroxylation sites is 1. The zero-order chi connectivity index (χ0) is 18.7. The molecule has 0 aromatic heterocycles. The number of fused-ring (bicyclic) bond motifs is 1. The first kappa shape index (κ1) is 18.3. The van der Waals surface area contributed by atoms with Crippen LogP contribution < -0.4 is 10.2 Å². The van der Waals surface area contributed by atoms with Crippen LogP contribution in [0.25, 0.3) is 0 Å². The lowest BCUT2D eigenvalue weighted by atomic mass is 9.96. The van der Waals surface area contributed by atoms with Crippen LogP contribution in [0.2, 0.25) is 0 Å². The molecule has 0 radical (unpaired) electrons. The molecule has 5 nitrogen and oxygen atoms in total. The number of carbonyl (C=O) groups excluding carboxylic acids is 1. The van der Waals surface area contributed by atoms with Crippen LogP contribution in [-0.2, 0) is 11.2 Å². The van der Waals surface area contributed by atoms with Crippen molar-refractivity contribution in [3.63, 3.8) is 0 Å². The highest BCUT2D eigenvalue weighted by molar-refractivity contribution is 7.84. The van der Waals surface area contributed by atoms with Crippen molar-refractivity contribution in [2.75, 3.05) is 13.6 Å². The first-order valence-electron chi connectivity index (χ1n) is 8.52. The minimum absolute atomic E-state index is 0.0309. The first-order valence-corrected chi connectivity index (χ1v) is 8.97. The van der Waals surface area contributed by atoms with Crippen LogP contribution in [0.5, 0.6) is 5.75 Å². The molecular formula is C20H23N3O2S. The topological polar surface area (TPSA) is 53.9 Å². The van der Waals surface area contributed by atoms with E-state index in [9.17, 15) is 4.79 Å². The summed E-state index contributed by atoms with van der Waals surface area (Å²) in [5.74, 6) is 0.778. The fraction of sp³-hybridized carbons (Fsp3) is 0.300. The highest BCUT2D eigenvalue weighted by Crippen LogP contribution is 2.42. The Hall–Kier alpha value is -2.47. The van der Waals surface area contributed by atoms with Crippen LogP contribution in [0.1, 0.15) is 18.9 Å². The average Bonchev–Trinajstić information content (AvgIpc) is 3.17. The van der Waals surface area contributed by atoms with Crippen molar-refractivity contribution in [2.24, 2.45) is 5.10 Å². The normalized spacial score (nSPS) is 22.9. The van der Waals surface area contributed by atoms with E-state index in [-0.39, 0.29) is 5.91 Å². The number of benzene rings is 1. The number of allylic oxidation sites excluding steroid dienone is 4. The molecule has 6 heteroatoms. The summed E-state index contributed by atoms with van der Waals surface area (Å²) in [6, 6.07) is 7.83. The van der Waals surface area contributed by atoms with Crippen LogP contribution in [0.4, 0.5) is 0 Å². The molecule has 3 rings (SSSR count). The second-order valence-electron chi connectivity index (χ2n) is 6.47. The molecule has 0 aliphatic carbocycles. The molecule has 1 unspecified atom stereocenters. The molecule has 1 N–H and O–H groups in total. The van der Waals surface area contributed by atoms with Gasteiger partial charge in [-0.15, -0.1) is 12.6 Å². The van der Waals surface area contributed by atoms with Gasteiger partial charge >= 0.3 is 0 Å². The van der Waals surface area contributed by atoms with Crippen molar-refractivity contribution >= 4 is 24.8 Å². The second kappa shape index (κ2) is 7.41. The molecule has 1 spiro atoms. The number of rotatable bonds is 5. The molecule has 1 fully saturated rings. The number of hydrogen-bond donors (Lipinski definition) is 2. The maximum atomic E-state index is 13.0. The van der Waals surface area contributed by atoms with E-state index in [0.717, 1.165) is 22.5 Å². The minimum atomic E-state index is -0.784. The Labute approximate surface area is 159 Å². The van der Waals surface area contributed by atoms with E-state index >= 15 is 0 Å². The lowest BCUT2D eigenvalue weighted by Crippen LogP contribution is -2.43. The van der Waals surface area contributed by atoms with Crippen LogP contribution in [0.15, 0.2) is 64.3 Å². The molecule has 1 saturated heterocycles. The molecule has 1 amide bonds. The van der Waals surface area contributed by atoms with Gasteiger partial charge in [-0.2, -0.15) is 5.10 Å². The maximum Gasteiger partial charge on any atom is 0.271 e. The minimum Gasteiger partial charge on any atom is -0.477 e.